The summed E-state index contributed by atoms with van der Waals surface area (Å²) in [6.45, 7) is 10.6. The minimum Gasteiger partial charge on any atom is -0.313 e. The lowest BCUT2D eigenvalue weighted by Crippen LogP contribution is -2.40. The van der Waals surface area contributed by atoms with Crippen LogP contribution in [0, 0.1) is 0 Å². The zero-order valence-corrected chi connectivity index (χ0v) is 11.5. The van der Waals surface area contributed by atoms with Gasteiger partial charge < -0.3 is 5.32 Å². The molecule has 0 aromatic carbocycles. The molecule has 0 amide bonds. The van der Waals surface area contributed by atoms with E-state index >= 15 is 0 Å². The fraction of sp³-hybridized carbons (Fsp3) is 1.00. The summed E-state index contributed by atoms with van der Waals surface area (Å²) in [5, 5.41) is 3.71. The molecule has 16 heavy (non-hydrogen) atoms. The van der Waals surface area contributed by atoms with Gasteiger partial charge in [-0.25, -0.2) is 0 Å². The third-order valence-corrected chi connectivity index (χ3v) is 3.85. The van der Waals surface area contributed by atoms with Crippen molar-refractivity contribution in [3.63, 3.8) is 0 Å². The van der Waals surface area contributed by atoms with Crippen LogP contribution in [0.1, 0.15) is 59.3 Å². The Kier molecular flexibility index (Phi) is 7.06. The van der Waals surface area contributed by atoms with Crippen LogP contribution in [0.5, 0.6) is 0 Å². The van der Waals surface area contributed by atoms with Crippen molar-refractivity contribution in [1.29, 1.82) is 0 Å². The van der Waals surface area contributed by atoms with Gasteiger partial charge >= 0.3 is 0 Å². The molecule has 0 radical (unpaired) electrons. The Morgan fingerprint density at radius 1 is 1.31 bits per heavy atom. The molecule has 1 aliphatic rings. The average Bonchev–Trinajstić information content (AvgIpc) is 2.74. The molecule has 0 saturated carbocycles. The van der Waals surface area contributed by atoms with Gasteiger partial charge in [0.2, 0.25) is 0 Å². The Morgan fingerprint density at radius 3 is 2.81 bits per heavy atom. The second-order valence-electron chi connectivity index (χ2n) is 5.23. The third kappa shape index (κ3) is 4.84. The van der Waals surface area contributed by atoms with E-state index in [2.05, 4.69) is 31.0 Å². The molecule has 2 unspecified atom stereocenters. The molecule has 1 saturated heterocycles. The van der Waals surface area contributed by atoms with E-state index < -0.39 is 0 Å². The van der Waals surface area contributed by atoms with Crippen molar-refractivity contribution in [2.45, 2.75) is 71.4 Å². The number of hydrogen-bond acceptors (Lipinski definition) is 2. The van der Waals surface area contributed by atoms with Crippen molar-refractivity contribution in [3.05, 3.63) is 0 Å². The number of likely N-dealkylation sites (tertiary alicyclic amines) is 1. The largest absolute Gasteiger partial charge is 0.313 e. The lowest BCUT2D eigenvalue weighted by molar-refractivity contribution is 0.253. The molecule has 1 aliphatic heterocycles. The summed E-state index contributed by atoms with van der Waals surface area (Å²) in [6.07, 6.45) is 8.22. The first-order valence-corrected chi connectivity index (χ1v) is 7.25. The minimum atomic E-state index is 0.700. The van der Waals surface area contributed by atoms with Gasteiger partial charge in [-0.3, -0.25) is 4.90 Å². The number of unbranched alkanes of at least 4 members (excludes halogenated alkanes) is 2. The van der Waals surface area contributed by atoms with Crippen molar-refractivity contribution < 1.29 is 0 Å². The molecule has 2 heteroatoms. The lowest BCUT2D eigenvalue weighted by atomic mass is 10.1. The van der Waals surface area contributed by atoms with Crippen LogP contribution in [0.4, 0.5) is 0 Å². The highest BCUT2D eigenvalue weighted by Gasteiger charge is 2.22. The van der Waals surface area contributed by atoms with Crippen LogP contribution in [0.15, 0.2) is 0 Å². The summed E-state index contributed by atoms with van der Waals surface area (Å²) in [4.78, 5) is 2.62. The number of nitrogens with one attached hydrogen (secondary N) is 1. The molecular formula is C14H30N2. The predicted molar refractivity (Wildman–Crippen MR) is 71.9 cm³/mol. The zero-order chi connectivity index (χ0) is 11.8. The molecule has 0 aliphatic carbocycles. The molecule has 2 atom stereocenters. The first kappa shape index (κ1) is 14.0. The summed E-state index contributed by atoms with van der Waals surface area (Å²) in [6, 6.07) is 1.50. The molecule has 1 N–H and O–H groups in total. The van der Waals surface area contributed by atoms with Crippen LogP contribution in [-0.4, -0.2) is 36.6 Å². The van der Waals surface area contributed by atoms with Crippen LogP contribution in [0.2, 0.25) is 0 Å². The van der Waals surface area contributed by atoms with Crippen molar-refractivity contribution >= 4 is 0 Å². The van der Waals surface area contributed by atoms with E-state index in [9.17, 15) is 0 Å². The van der Waals surface area contributed by atoms with E-state index in [4.69, 9.17) is 0 Å². The van der Waals surface area contributed by atoms with Crippen molar-refractivity contribution in [2.24, 2.45) is 0 Å². The molecule has 0 spiro atoms. The summed E-state index contributed by atoms with van der Waals surface area (Å²) in [5.41, 5.74) is 0. The number of likely N-dealkylation sites (N-methyl/N-ethyl adjacent to an activating group) is 1. The van der Waals surface area contributed by atoms with Gasteiger partial charge in [-0.05, 0) is 39.3 Å². The Labute approximate surface area is 102 Å². The molecule has 2 nitrogen and oxygen atoms in total. The highest BCUT2D eigenvalue weighted by molar-refractivity contribution is 4.80. The van der Waals surface area contributed by atoms with Crippen LogP contribution in [0.3, 0.4) is 0 Å². The predicted octanol–water partition coefficient (Wildman–Crippen LogP) is 3.03. The van der Waals surface area contributed by atoms with Crippen molar-refractivity contribution in [1.82, 2.24) is 10.2 Å². The van der Waals surface area contributed by atoms with Crippen LogP contribution < -0.4 is 5.32 Å². The monoisotopic (exact) mass is 226 g/mol. The van der Waals surface area contributed by atoms with Crippen LogP contribution in [0.25, 0.3) is 0 Å². The molecule has 0 aromatic rings. The zero-order valence-electron chi connectivity index (χ0n) is 11.5. The van der Waals surface area contributed by atoms with E-state index in [1.54, 1.807) is 0 Å². The smallest absolute Gasteiger partial charge is 0.0221 e. The van der Waals surface area contributed by atoms with E-state index in [1.165, 1.54) is 58.2 Å². The van der Waals surface area contributed by atoms with Crippen LogP contribution in [-0.2, 0) is 0 Å². The van der Waals surface area contributed by atoms with E-state index in [0.29, 0.717) is 6.04 Å². The average molecular weight is 226 g/mol. The van der Waals surface area contributed by atoms with Gasteiger partial charge in [-0.1, -0.05) is 33.1 Å². The minimum absolute atomic E-state index is 0.700. The highest BCUT2D eigenvalue weighted by atomic mass is 15.2. The molecule has 0 bridgehead atoms. The number of hydrogen-bond donors (Lipinski definition) is 1. The molecule has 96 valence electrons. The SMILES string of the molecule is CCCCCC(C)NCC1CCCN1CC. The number of rotatable bonds is 8. The van der Waals surface area contributed by atoms with Gasteiger partial charge in [-0.2, -0.15) is 0 Å². The summed E-state index contributed by atoms with van der Waals surface area (Å²) in [5.74, 6) is 0. The van der Waals surface area contributed by atoms with E-state index in [0.717, 1.165) is 6.04 Å². The molecular weight excluding hydrogens is 196 g/mol. The third-order valence-electron chi connectivity index (χ3n) is 3.85. The van der Waals surface area contributed by atoms with Crippen molar-refractivity contribution in [3.8, 4) is 0 Å². The normalized spacial score (nSPS) is 23.8. The summed E-state index contributed by atoms with van der Waals surface area (Å²) >= 11 is 0. The van der Waals surface area contributed by atoms with Gasteiger partial charge in [0.15, 0.2) is 0 Å². The van der Waals surface area contributed by atoms with Gasteiger partial charge in [0.25, 0.3) is 0 Å². The molecule has 1 heterocycles. The summed E-state index contributed by atoms with van der Waals surface area (Å²) < 4.78 is 0. The van der Waals surface area contributed by atoms with Crippen LogP contribution >= 0.6 is 0 Å². The highest BCUT2D eigenvalue weighted by Crippen LogP contribution is 2.16. The Bertz CT molecular complexity index is 170. The van der Waals surface area contributed by atoms with Gasteiger partial charge in [-0.15, -0.1) is 0 Å². The maximum Gasteiger partial charge on any atom is 0.0221 e. The first-order valence-electron chi connectivity index (χ1n) is 7.25. The Morgan fingerprint density at radius 2 is 2.12 bits per heavy atom. The molecule has 1 rings (SSSR count). The second-order valence-corrected chi connectivity index (χ2v) is 5.23. The standard InChI is InChI=1S/C14H30N2/c1-4-6-7-9-13(3)15-12-14-10-8-11-16(14)5-2/h13-15H,4-12H2,1-3H3. The quantitative estimate of drug-likeness (QED) is 0.640. The number of nitrogens with zero attached hydrogens (tertiary/aromatic N) is 1. The van der Waals surface area contributed by atoms with E-state index in [1.807, 2.05) is 0 Å². The van der Waals surface area contributed by atoms with Gasteiger partial charge in [0.05, 0.1) is 0 Å². The first-order chi connectivity index (χ1) is 7.77. The van der Waals surface area contributed by atoms with Gasteiger partial charge in [0.1, 0.15) is 0 Å². The maximum absolute atomic E-state index is 3.71. The van der Waals surface area contributed by atoms with E-state index in [-0.39, 0.29) is 0 Å². The fourth-order valence-corrected chi connectivity index (χ4v) is 2.68. The fourth-order valence-electron chi connectivity index (χ4n) is 2.68. The lowest BCUT2D eigenvalue weighted by Gasteiger charge is -2.25. The molecule has 1 fully saturated rings. The second kappa shape index (κ2) is 8.08. The maximum atomic E-state index is 3.71. The Hall–Kier alpha value is -0.0800. The summed E-state index contributed by atoms with van der Waals surface area (Å²) in [7, 11) is 0. The molecule has 0 aromatic heterocycles. The Balaban J connectivity index is 2.08. The van der Waals surface area contributed by atoms with Gasteiger partial charge in [0, 0.05) is 18.6 Å². The topological polar surface area (TPSA) is 15.3 Å². The van der Waals surface area contributed by atoms with Crippen molar-refractivity contribution in [2.75, 3.05) is 19.6 Å².